The summed E-state index contributed by atoms with van der Waals surface area (Å²) < 4.78 is 5.34. The highest BCUT2D eigenvalue weighted by molar-refractivity contribution is 14.0. The second-order valence-corrected chi connectivity index (χ2v) is 9.60. The first-order chi connectivity index (χ1) is 14.5. The summed E-state index contributed by atoms with van der Waals surface area (Å²) in [5, 5.41) is 9.48. The first kappa shape index (κ1) is 28.2. The summed E-state index contributed by atoms with van der Waals surface area (Å²) in [5.41, 5.74) is 0.0993. The predicted octanol–water partition coefficient (Wildman–Crippen LogP) is 2.42. The van der Waals surface area contributed by atoms with Crippen LogP contribution in [0.15, 0.2) is 23.3 Å². The molecule has 1 aromatic heterocycles. The molecule has 0 aromatic carbocycles. The number of amides is 1. The van der Waals surface area contributed by atoms with Crippen molar-refractivity contribution in [2.45, 2.75) is 52.3 Å². The lowest BCUT2D eigenvalue weighted by Gasteiger charge is -2.33. The average Bonchev–Trinajstić information content (AvgIpc) is 2.67. The van der Waals surface area contributed by atoms with Crippen molar-refractivity contribution < 1.29 is 9.53 Å². The van der Waals surface area contributed by atoms with Gasteiger partial charge in [0.15, 0.2) is 5.96 Å². The van der Waals surface area contributed by atoms with Gasteiger partial charge in [0.05, 0.1) is 5.54 Å². The minimum Gasteiger partial charge on any atom is -0.444 e. The minimum absolute atomic E-state index is 0. The maximum absolute atomic E-state index is 12.1. The zero-order valence-electron chi connectivity index (χ0n) is 20.5. The molecule has 2 heterocycles. The first-order valence-corrected chi connectivity index (χ1v) is 10.8. The molecular weight excluding hydrogens is 521 g/mol. The fourth-order valence-corrected chi connectivity index (χ4v) is 3.11. The van der Waals surface area contributed by atoms with Crippen LogP contribution >= 0.6 is 24.0 Å². The Bertz CT molecular complexity index is 757. The summed E-state index contributed by atoms with van der Waals surface area (Å²) >= 11 is 0. The van der Waals surface area contributed by atoms with Crippen molar-refractivity contribution in [1.29, 1.82) is 0 Å². The molecule has 0 atom stereocenters. The van der Waals surface area contributed by atoms with E-state index in [9.17, 15) is 4.79 Å². The van der Waals surface area contributed by atoms with Gasteiger partial charge in [-0.3, -0.25) is 4.99 Å². The van der Waals surface area contributed by atoms with Gasteiger partial charge in [-0.15, -0.1) is 24.0 Å². The standard InChI is InChI=1S/C22H39N7O2.HI/c1-21(2,3)31-20(30)27-22(4,5)16-26-19(23-6)25-15-17-8-9-24-18(14-17)29-12-10-28(7)11-13-29;/h8-9,14H,10-13,15-16H2,1-7H3,(H,27,30)(H2,23,25,26);1H. The van der Waals surface area contributed by atoms with E-state index in [4.69, 9.17) is 4.74 Å². The Morgan fingerprint density at radius 2 is 1.81 bits per heavy atom. The van der Waals surface area contributed by atoms with Crippen molar-refractivity contribution >= 4 is 41.8 Å². The quantitative estimate of drug-likeness (QED) is 0.279. The van der Waals surface area contributed by atoms with Crippen molar-refractivity contribution in [3.63, 3.8) is 0 Å². The number of nitrogens with zero attached hydrogens (tertiary/aromatic N) is 4. The SMILES string of the molecule is CN=C(NCc1ccnc(N2CCN(C)CC2)c1)NCC(C)(C)NC(=O)OC(C)(C)C.I. The highest BCUT2D eigenvalue weighted by atomic mass is 127. The van der Waals surface area contributed by atoms with E-state index >= 15 is 0 Å². The molecular formula is C22H40IN7O2. The number of carbonyl (C=O) groups excluding carboxylic acids is 1. The fraction of sp³-hybridized carbons (Fsp3) is 0.682. The average molecular weight is 562 g/mol. The van der Waals surface area contributed by atoms with E-state index < -0.39 is 17.2 Å². The number of guanidine groups is 1. The van der Waals surface area contributed by atoms with Gasteiger partial charge < -0.3 is 30.5 Å². The lowest BCUT2D eigenvalue weighted by molar-refractivity contribution is 0.0474. The van der Waals surface area contributed by atoms with E-state index in [0.717, 1.165) is 37.6 Å². The van der Waals surface area contributed by atoms with Crippen LogP contribution in [0.3, 0.4) is 0 Å². The highest BCUT2D eigenvalue weighted by Gasteiger charge is 2.24. The Kier molecular flexibility index (Phi) is 11.0. The Hall–Kier alpha value is -1.82. The molecule has 32 heavy (non-hydrogen) atoms. The second kappa shape index (κ2) is 12.4. The molecule has 1 aromatic rings. The third kappa shape index (κ3) is 10.2. The number of hydrogen-bond donors (Lipinski definition) is 3. The molecule has 0 unspecified atom stereocenters. The fourth-order valence-electron chi connectivity index (χ4n) is 3.11. The Morgan fingerprint density at radius 3 is 2.41 bits per heavy atom. The lowest BCUT2D eigenvalue weighted by Crippen LogP contribution is -2.54. The van der Waals surface area contributed by atoms with Crippen molar-refractivity contribution in [3.8, 4) is 0 Å². The van der Waals surface area contributed by atoms with Crippen LogP contribution in [0, 0.1) is 0 Å². The number of piperazine rings is 1. The molecule has 0 bridgehead atoms. The molecule has 9 nitrogen and oxygen atoms in total. The van der Waals surface area contributed by atoms with Crippen molar-refractivity contribution in [1.82, 2.24) is 25.8 Å². The topological polar surface area (TPSA) is 94.1 Å². The first-order valence-electron chi connectivity index (χ1n) is 10.8. The minimum atomic E-state index is -0.529. The number of alkyl carbamates (subject to hydrolysis) is 1. The summed E-state index contributed by atoms with van der Waals surface area (Å²) in [6.45, 7) is 14.6. The maximum atomic E-state index is 12.1. The number of nitrogens with one attached hydrogen (secondary N) is 3. The lowest BCUT2D eigenvalue weighted by atomic mass is 10.1. The molecule has 1 aliphatic heterocycles. The Morgan fingerprint density at radius 1 is 1.16 bits per heavy atom. The Labute approximate surface area is 209 Å². The summed E-state index contributed by atoms with van der Waals surface area (Å²) in [6.07, 6.45) is 1.42. The van der Waals surface area contributed by atoms with Gasteiger partial charge in [0.25, 0.3) is 0 Å². The van der Waals surface area contributed by atoms with Crippen molar-refractivity contribution in [2.24, 2.45) is 4.99 Å². The molecule has 1 fully saturated rings. The molecule has 182 valence electrons. The highest BCUT2D eigenvalue weighted by Crippen LogP contribution is 2.15. The normalized spacial score (nSPS) is 15.6. The number of aliphatic imine (C=N–C) groups is 1. The van der Waals surface area contributed by atoms with Crippen molar-refractivity contribution in [3.05, 3.63) is 23.9 Å². The van der Waals surface area contributed by atoms with E-state index in [-0.39, 0.29) is 24.0 Å². The van der Waals surface area contributed by atoms with Gasteiger partial charge in [-0.05, 0) is 59.4 Å². The van der Waals surface area contributed by atoms with Crippen molar-refractivity contribution in [2.75, 3.05) is 51.7 Å². The van der Waals surface area contributed by atoms with Crippen LogP contribution in [0.5, 0.6) is 0 Å². The molecule has 2 rings (SSSR count). The zero-order chi connectivity index (χ0) is 23.1. The zero-order valence-corrected chi connectivity index (χ0v) is 22.8. The van der Waals surface area contributed by atoms with E-state index in [0.29, 0.717) is 19.0 Å². The molecule has 0 saturated carbocycles. The third-order valence-corrected chi connectivity index (χ3v) is 4.86. The van der Waals surface area contributed by atoms with Crippen LogP contribution in [-0.2, 0) is 11.3 Å². The predicted molar refractivity (Wildman–Crippen MR) is 141 cm³/mol. The number of carbonyl (C=O) groups is 1. The molecule has 0 radical (unpaired) electrons. The number of hydrogen-bond acceptors (Lipinski definition) is 6. The van der Waals surface area contributed by atoms with Crippen LogP contribution in [0.4, 0.5) is 10.6 Å². The van der Waals surface area contributed by atoms with Gasteiger partial charge in [-0.1, -0.05) is 0 Å². The number of anilines is 1. The molecule has 1 aliphatic rings. The van der Waals surface area contributed by atoms with Gasteiger partial charge in [0, 0.05) is 52.5 Å². The van der Waals surface area contributed by atoms with Gasteiger partial charge in [0.2, 0.25) is 0 Å². The van der Waals surface area contributed by atoms with Crippen LogP contribution < -0.4 is 20.9 Å². The van der Waals surface area contributed by atoms with Crippen LogP contribution in [0.1, 0.15) is 40.2 Å². The maximum Gasteiger partial charge on any atom is 0.408 e. The van der Waals surface area contributed by atoms with Gasteiger partial charge >= 0.3 is 6.09 Å². The van der Waals surface area contributed by atoms with E-state index in [1.165, 1.54) is 0 Å². The summed E-state index contributed by atoms with van der Waals surface area (Å²) in [6, 6.07) is 4.13. The second-order valence-electron chi connectivity index (χ2n) is 9.60. The summed E-state index contributed by atoms with van der Waals surface area (Å²) in [5.74, 6) is 1.68. The number of likely N-dealkylation sites (N-methyl/N-ethyl adjacent to an activating group) is 1. The molecule has 1 saturated heterocycles. The van der Waals surface area contributed by atoms with E-state index in [1.54, 1.807) is 7.05 Å². The molecule has 0 spiro atoms. The molecule has 1 amide bonds. The monoisotopic (exact) mass is 561 g/mol. The summed E-state index contributed by atoms with van der Waals surface area (Å²) in [7, 11) is 3.87. The van der Waals surface area contributed by atoms with Crippen LogP contribution in [0.25, 0.3) is 0 Å². The number of halogens is 1. The number of ether oxygens (including phenoxy) is 1. The van der Waals surface area contributed by atoms with Gasteiger partial charge in [0.1, 0.15) is 11.4 Å². The van der Waals surface area contributed by atoms with Crippen LogP contribution in [-0.4, -0.2) is 79.9 Å². The van der Waals surface area contributed by atoms with Gasteiger partial charge in [-0.2, -0.15) is 0 Å². The largest absolute Gasteiger partial charge is 0.444 e. The van der Waals surface area contributed by atoms with Crippen LogP contribution in [0.2, 0.25) is 0 Å². The smallest absolute Gasteiger partial charge is 0.408 e. The Balaban J connectivity index is 0.00000512. The molecule has 0 aliphatic carbocycles. The van der Waals surface area contributed by atoms with E-state index in [1.807, 2.05) is 46.9 Å². The van der Waals surface area contributed by atoms with E-state index in [2.05, 4.69) is 48.8 Å². The molecule has 10 heteroatoms. The molecule has 3 N–H and O–H groups in total. The summed E-state index contributed by atoms with van der Waals surface area (Å²) in [4.78, 5) is 25.5. The number of rotatable bonds is 6. The number of pyridine rings is 1. The van der Waals surface area contributed by atoms with Gasteiger partial charge in [-0.25, -0.2) is 9.78 Å². The third-order valence-electron chi connectivity index (χ3n) is 4.86. The number of aromatic nitrogens is 1.